The van der Waals surface area contributed by atoms with E-state index in [0.29, 0.717) is 49.2 Å². The monoisotopic (exact) mass is 424 g/mol. The molecule has 0 saturated heterocycles. The summed E-state index contributed by atoms with van der Waals surface area (Å²) < 4.78 is 16.6. The summed E-state index contributed by atoms with van der Waals surface area (Å²) in [6.45, 7) is 7.03. The van der Waals surface area contributed by atoms with Gasteiger partial charge in [-0.3, -0.25) is 4.79 Å². The quantitative estimate of drug-likeness (QED) is 0.571. The predicted octanol–water partition coefficient (Wildman–Crippen LogP) is 3.91. The Morgan fingerprint density at radius 2 is 1.84 bits per heavy atom. The Morgan fingerprint density at radius 1 is 1.06 bits per heavy atom. The Labute approximate surface area is 182 Å². The minimum atomic E-state index is -0.601. The number of rotatable bonds is 9. The zero-order valence-electron chi connectivity index (χ0n) is 18.2. The molecular weight excluding hydrogens is 396 g/mol. The summed E-state index contributed by atoms with van der Waals surface area (Å²) in [6.07, 6.45) is 0.666. The van der Waals surface area contributed by atoms with Crippen LogP contribution >= 0.6 is 0 Å². The molecule has 1 heterocycles. The average Bonchev–Trinajstić information content (AvgIpc) is 3.27. The third kappa shape index (κ3) is 6.07. The largest absolute Gasteiger partial charge is 0.490 e. The average molecular weight is 424 g/mol. The van der Waals surface area contributed by atoms with Crippen molar-refractivity contribution in [2.75, 3.05) is 26.4 Å². The normalized spacial score (nSPS) is 13.2. The van der Waals surface area contributed by atoms with Crippen molar-refractivity contribution in [3.05, 3.63) is 59.7 Å². The third-order valence-corrected chi connectivity index (χ3v) is 4.57. The molecule has 164 valence electrons. The molecule has 0 aromatic heterocycles. The van der Waals surface area contributed by atoms with Crippen molar-refractivity contribution in [2.45, 2.75) is 27.2 Å². The maximum atomic E-state index is 12.5. The van der Waals surface area contributed by atoms with Gasteiger partial charge in [-0.2, -0.15) is 5.10 Å². The predicted molar refractivity (Wildman–Crippen MR) is 118 cm³/mol. The van der Waals surface area contributed by atoms with Crippen LogP contribution < -0.4 is 9.47 Å². The lowest BCUT2D eigenvalue weighted by atomic mass is 10.1. The molecular formula is C24H28N2O5. The zero-order chi connectivity index (χ0) is 22.2. The topological polar surface area (TPSA) is 77.4 Å². The van der Waals surface area contributed by atoms with Gasteiger partial charge in [-0.25, -0.2) is 9.80 Å². The highest BCUT2D eigenvalue weighted by Gasteiger charge is 2.23. The van der Waals surface area contributed by atoms with E-state index >= 15 is 0 Å². The smallest absolute Gasteiger partial charge is 0.338 e. The first kappa shape index (κ1) is 22.3. The minimum Gasteiger partial charge on any atom is -0.490 e. The lowest BCUT2D eigenvalue weighted by Gasteiger charge is -2.15. The van der Waals surface area contributed by atoms with Gasteiger partial charge < -0.3 is 14.2 Å². The van der Waals surface area contributed by atoms with Gasteiger partial charge in [0.15, 0.2) is 18.1 Å². The van der Waals surface area contributed by atoms with E-state index in [4.69, 9.17) is 14.2 Å². The molecule has 3 rings (SSSR count). The molecule has 1 amide bonds. The molecule has 0 unspecified atom stereocenters. The lowest BCUT2D eigenvalue weighted by molar-refractivity contribution is -0.134. The Kier molecular flexibility index (Phi) is 7.65. The van der Waals surface area contributed by atoms with Crippen LogP contribution in [0.5, 0.6) is 11.5 Å². The molecule has 31 heavy (non-hydrogen) atoms. The number of esters is 1. The molecule has 0 aliphatic carbocycles. The van der Waals surface area contributed by atoms with Gasteiger partial charge in [0, 0.05) is 6.42 Å². The van der Waals surface area contributed by atoms with E-state index in [0.717, 1.165) is 11.3 Å². The van der Waals surface area contributed by atoms with Crippen LogP contribution in [0, 0.1) is 5.92 Å². The molecule has 2 aromatic carbocycles. The van der Waals surface area contributed by atoms with E-state index < -0.39 is 5.97 Å². The SMILES string of the molecule is CCOc1cc(C(=O)OCC(=O)N2CCC(c3ccccc3)=N2)ccc1OCC(C)C. The van der Waals surface area contributed by atoms with E-state index in [2.05, 4.69) is 18.9 Å². The minimum absolute atomic E-state index is 0.294. The maximum absolute atomic E-state index is 12.5. The number of amides is 1. The van der Waals surface area contributed by atoms with Crippen molar-refractivity contribution in [3.8, 4) is 11.5 Å². The lowest BCUT2D eigenvalue weighted by Crippen LogP contribution is -2.28. The summed E-state index contributed by atoms with van der Waals surface area (Å²) in [7, 11) is 0. The number of nitrogens with zero attached hydrogens (tertiary/aromatic N) is 2. The second kappa shape index (κ2) is 10.6. The summed E-state index contributed by atoms with van der Waals surface area (Å²) in [5.74, 6) is 0.446. The Balaban J connectivity index is 1.59. The van der Waals surface area contributed by atoms with Gasteiger partial charge in [-0.1, -0.05) is 44.2 Å². The second-order valence-electron chi connectivity index (χ2n) is 7.56. The molecule has 0 spiro atoms. The summed E-state index contributed by atoms with van der Waals surface area (Å²) in [6, 6.07) is 14.6. The third-order valence-electron chi connectivity index (χ3n) is 4.57. The van der Waals surface area contributed by atoms with Crippen LogP contribution in [-0.4, -0.2) is 49.0 Å². The van der Waals surface area contributed by atoms with Crippen LogP contribution in [0.4, 0.5) is 0 Å². The van der Waals surface area contributed by atoms with Crippen LogP contribution in [0.25, 0.3) is 0 Å². The number of ether oxygens (including phenoxy) is 3. The van der Waals surface area contributed by atoms with Gasteiger partial charge in [0.05, 0.1) is 31.0 Å². The van der Waals surface area contributed by atoms with Crippen LogP contribution in [0.15, 0.2) is 53.6 Å². The van der Waals surface area contributed by atoms with Gasteiger partial charge in [0.1, 0.15) is 0 Å². The van der Waals surface area contributed by atoms with E-state index in [1.165, 1.54) is 5.01 Å². The van der Waals surface area contributed by atoms with Crippen molar-refractivity contribution in [1.82, 2.24) is 5.01 Å². The molecule has 1 aliphatic rings. The second-order valence-corrected chi connectivity index (χ2v) is 7.56. The molecule has 0 atom stereocenters. The summed E-state index contributed by atoms with van der Waals surface area (Å²) in [5.41, 5.74) is 2.12. The van der Waals surface area contributed by atoms with Crippen LogP contribution in [-0.2, 0) is 9.53 Å². The Morgan fingerprint density at radius 3 is 2.55 bits per heavy atom. The van der Waals surface area contributed by atoms with E-state index in [1.807, 2.05) is 37.3 Å². The van der Waals surface area contributed by atoms with Crippen LogP contribution in [0.3, 0.4) is 0 Å². The number of hydrazone groups is 1. The number of hydrogen-bond acceptors (Lipinski definition) is 6. The van der Waals surface area contributed by atoms with Gasteiger partial charge in [-0.15, -0.1) is 0 Å². The van der Waals surface area contributed by atoms with E-state index in [-0.39, 0.29) is 12.5 Å². The van der Waals surface area contributed by atoms with Crippen molar-refractivity contribution < 1.29 is 23.8 Å². The highest BCUT2D eigenvalue weighted by molar-refractivity contribution is 6.02. The Hall–Kier alpha value is -3.35. The molecule has 0 radical (unpaired) electrons. The summed E-state index contributed by atoms with van der Waals surface area (Å²) in [4.78, 5) is 24.9. The molecule has 0 fully saturated rings. The number of carbonyl (C=O) groups is 2. The fourth-order valence-corrected chi connectivity index (χ4v) is 3.03. The van der Waals surface area contributed by atoms with Crippen molar-refractivity contribution in [2.24, 2.45) is 11.0 Å². The van der Waals surface area contributed by atoms with Crippen LogP contribution in [0.1, 0.15) is 43.1 Å². The molecule has 0 saturated carbocycles. The Bertz CT molecular complexity index is 940. The van der Waals surface area contributed by atoms with E-state index in [9.17, 15) is 9.59 Å². The standard InChI is InChI=1S/C24H28N2O5/c1-4-29-22-14-19(10-11-21(22)30-15-17(2)3)24(28)31-16-23(27)26-13-12-20(25-26)18-8-6-5-7-9-18/h5-11,14,17H,4,12-13,15-16H2,1-3H3. The fraction of sp³-hybridized carbons (Fsp3) is 0.375. The van der Waals surface area contributed by atoms with Gasteiger partial charge in [0.2, 0.25) is 0 Å². The molecule has 0 bridgehead atoms. The molecule has 0 N–H and O–H groups in total. The van der Waals surface area contributed by atoms with Gasteiger partial charge in [0.25, 0.3) is 5.91 Å². The first-order chi connectivity index (χ1) is 15.0. The summed E-state index contributed by atoms with van der Waals surface area (Å²) in [5, 5.41) is 5.72. The molecule has 7 heteroatoms. The number of hydrogen-bond donors (Lipinski definition) is 0. The summed E-state index contributed by atoms with van der Waals surface area (Å²) >= 11 is 0. The molecule has 1 aliphatic heterocycles. The maximum Gasteiger partial charge on any atom is 0.338 e. The highest BCUT2D eigenvalue weighted by Crippen LogP contribution is 2.29. The molecule has 2 aromatic rings. The van der Waals surface area contributed by atoms with Crippen molar-refractivity contribution in [1.29, 1.82) is 0 Å². The van der Waals surface area contributed by atoms with Crippen LogP contribution in [0.2, 0.25) is 0 Å². The number of benzene rings is 2. The first-order valence-electron chi connectivity index (χ1n) is 10.5. The fourth-order valence-electron chi connectivity index (χ4n) is 3.03. The van der Waals surface area contributed by atoms with Gasteiger partial charge in [-0.05, 0) is 36.6 Å². The van der Waals surface area contributed by atoms with Crippen molar-refractivity contribution >= 4 is 17.6 Å². The molecule has 7 nitrogen and oxygen atoms in total. The highest BCUT2D eigenvalue weighted by atomic mass is 16.5. The first-order valence-corrected chi connectivity index (χ1v) is 10.5. The van der Waals surface area contributed by atoms with E-state index in [1.54, 1.807) is 18.2 Å². The number of carbonyl (C=O) groups excluding carboxylic acids is 2. The van der Waals surface area contributed by atoms with Gasteiger partial charge >= 0.3 is 5.97 Å². The zero-order valence-corrected chi connectivity index (χ0v) is 18.2. The van der Waals surface area contributed by atoms with Crippen molar-refractivity contribution in [3.63, 3.8) is 0 Å².